The highest BCUT2D eigenvalue weighted by atomic mass is 32.2. The number of nitrogens with one attached hydrogen (secondary N) is 1. The Kier molecular flexibility index (Phi) is 6.56. The lowest BCUT2D eigenvalue weighted by Gasteiger charge is -2.20. The van der Waals surface area contributed by atoms with Crippen molar-refractivity contribution in [3.63, 3.8) is 0 Å². The molecule has 1 aromatic heterocycles. The predicted molar refractivity (Wildman–Crippen MR) is 133 cm³/mol. The van der Waals surface area contributed by atoms with Crippen molar-refractivity contribution >= 4 is 26.6 Å². The molecule has 1 N–H and O–H groups in total. The fourth-order valence-corrected chi connectivity index (χ4v) is 4.55. The number of benzene rings is 3. The van der Waals surface area contributed by atoms with Crippen LogP contribution in [0.2, 0.25) is 0 Å². The second-order valence-corrected chi connectivity index (χ2v) is 10.4. The third-order valence-electron chi connectivity index (χ3n) is 5.64. The minimum atomic E-state index is -3.24. The molecule has 0 fully saturated rings. The van der Waals surface area contributed by atoms with E-state index in [-0.39, 0.29) is 24.1 Å². The molecule has 1 atom stereocenters. The van der Waals surface area contributed by atoms with Gasteiger partial charge in [-0.05, 0) is 30.5 Å². The summed E-state index contributed by atoms with van der Waals surface area (Å²) < 4.78 is 24.1. The number of amides is 1. The standard InChI is InChI=1S/C27H26N2O3S/c1-19(20-11-5-3-6-12-20)28-27(30)25-22-15-9-10-16-24(22)29-26(21-13-7-4-8-14-21)23(25)17-18-33(2,31)32/h3-16,19H,17-18H2,1-2H3,(H,28,30). The lowest BCUT2D eigenvalue weighted by Crippen LogP contribution is -2.28. The number of pyridine rings is 1. The van der Waals surface area contributed by atoms with E-state index in [0.29, 0.717) is 27.7 Å². The maximum Gasteiger partial charge on any atom is 0.252 e. The van der Waals surface area contributed by atoms with Gasteiger partial charge in [-0.25, -0.2) is 13.4 Å². The minimum absolute atomic E-state index is 0.0681. The third-order valence-corrected chi connectivity index (χ3v) is 6.58. The van der Waals surface area contributed by atoms with Crippen molar-refractivity contribution in [1.29, 1.82) is 0 Å². The number of nitrogens with zero attached hydrogens (tertiary/aromatic N) is 1. The topological polar surface area (TPSA) is 76.1 Å². The lowest BCUT2D eigenvalue weighted by molar-refractivity contribution is 0.0940. The van der Waals surface area contributed by atoms with Crippen LogP contribution in [0, 0.1) is 0 Å². The van der Waals surface area contributed by atoms with E-state index in [0.717, 1.165) is 11.1 Å². The number of hydrogen-bond acceptors (Lipinski definition) is 4. The summed E-state index contributed by atoms with van der Waals surface area (Å²) in [6, 6.07) is 26.6. The number of fused-ring (bicyclic) bond motifs is 1. The first kappa shape index (κ1) is 22.7. The maximum absolute atomic E-state index is 13.7. The second kappa shape index (κ2) is 9.55. The summed E-state index contributed by atoms with van der Waals surface area (Å²) in [5, 5.41) is 3.81. The van der Waals surface area contributed by atoms with Gasteiger partial charge in [-0.1, -0.05) is 78.9 Å². The van der Waals surface area contributed by atoms with Gasteiger partial charge in [-0.15, -0.1) is 0 Å². The molecule has 168 valence electrons. The normalized spacial score (nSPS) is 12.4. The lowest BCUT2D eigenvalue weighted by atomic mass is 9.94. The number of sulfone groups is 1. The highest BCUT2D eigenvalue weighted by Crippen LogP contribution is 2.31. The smallest absolute Gasteiger partial charge is 0.252 e. The number of carbonyl (C=O) groups is 1. The van der Waals surface area contributed by atoms with Crippen LogP contribution in [-0.4, -0.2) is 31.3 Å². The Morgan fingerprint density at radius 2 is 1.52 bits per heavy atom. The Hall–Kier alpha value is -3.51. The molecule has 3 aromatic carbocycles. The van der Waals surface area contributed by atoms with Gasteiger partial charge in [-0.3, -0.25) is 4.79 Å². The molecule has 0 aliphatic carbocycles. The van der Waals surface area contributed by atoms with Gasteiger partial charge in [0.2, 0.25) is 0 Å². The van der Waals surface area contributed by atoms with Crippen LogP contribution in [0.1, 0.15) is 34.5 Å². The van der Waals surface area contributed by atoms with Crippen LogP contribution in [0.15, 0.2) is 84.9 Å². The Morgan fingerprint density at radius 1 is 0.909 bits per heavy atom. The SMILES string of the molecule is CC(NC(=O)c1c(CCS(C)(=O)=O)c(-c2ccccc2)nc2ccccc12)c1ccccc1. The molecule has 5 nitrogen and oxygen atoms in total. The Bertz CT molecular complexity index is 1390. The monoisotopic (exact) mass is 458 g/mol. The third kappa shape index (κ3) is 5.29. The highest BCUT2D eigenvalue weighted by molar-refractivity contribution is 7.90. The molecule has 0 spiro atoms. The van der Waals surface area contributed by atoms with Crippen molar-refractivity contribution in [2.45, 2.75) is 19.4 Å². The molecule has 1 unspecified atom stereocenters. The quantitative estimate of drug-likeness (QED) is 0.424. The van der Waals surface area contributed by atoms with Gasteiger partial charge in [0.15, 0.2) is 0 Å². The molecule has 6 heteroatoms. The first-order valence-corrected chi connectivity index (χ1v) is 12.9. The molecule has 0 bridgehead atoms. The van der Waals surface area contributed by atoms with Crippen molar-refractivity contribution in [1.82, 2.24) is 10.3 Å². The molecular formula is C27H26N2O3S. The Morgan fingerprint density at radius 3 is 2.18 bits per heavy atom. The summed E-state index contributed by atoms with van der Waals surface area (Å²) in [4.78, 5) is 18.5. The summed E-state index contributed by atoms with van der Waals surface area (Å²) in [7, 11) is -3.24. The molecule has 4 rings (SSSR count). The van der Waals surface area contributed by atoms with Gasteiger partial charge >= 0.3 is 0 Å². The number of hydrogen-bond donors (Lipinski definition) is 1. The molecule has 1 amide bonds. The molecule has 0 aliphatic rings. The zero-order valence-electron chi connectivity index (χ0n) is 18.7. The van der Waals surface area contributed by atoms with E-state index in [9.17, 15) is 13.2 Å². The molecule has 0 saturated carbocycles. The van der Waals surface area contributed by atoms with Crippen molar-refractivity contribution in [3.8, 4) is 11.3 Å². The average Bonchev–Trinajstić information content (AvgIpc) is 2.82. The molecule has 0 radical (unpaired) electrons. The van der Waals surface area contributed by atoms with Crippen LogP contribution in [0.5, 0.6) is 0 Å². The predicted octanol–water partition coefficient (Wildman–Crippen LogP) is 4.98. The first-order chi connectivity index (χ1) is 15.8. The van der Waals surface area contributed by atoms with Crippen molar-refractivity contribution < 1.29 is 13.2 Å². The average molecular weight is 459 g/mol. The van der Waals surface area contributed by atoms with Crippen molar-refractivity contribution in [2.75, 3.05) is 12.0 Å². The zero-order chi connectivity index (χ0) is 23.4. The molecular weight excluding hydrogens is 432 g/mol. The van der Waals surface area contributed by atoms with Crippen LogP contribution >= 0.6 is 0 Å². The van der Waals surface area contributed by atoms with Crippen LogP contribution in [0.25, 0.3) is 22.2 Å². The van der Waals surface area contributed by atoms with Crippen molar-refractivity contribution in [2.24, 2.45) is 0 Å². The number of aromatic nitrogens is 1. The first-order valence-electron chi connectivity index (χ1n) is 10.8. The van der Waals surface area contributed by atoms with E-state index < -0.39 is 9.84 Å². The summed E-state index contributed by atoms with van der Waals surface area (Å²) in [6.45, 7) is 1.94. The molecule has 1 heterocycles. The fourth-order valence-electron chi connectivity index (χ4n) is 3.97. The van der Waals surface area contributed by atoms with E-state index >= 15 is 0 Å². The number of carbonyl (C=O) groups excluding carboxylic acids is 1. The number of rotatable bonds is 7. The largest absolute Gasteiger partial charge is 0.345 e. The molecule has 33 heavy (non-hydrogen) atoms. The van der Waals surface area contributed by atoms with E-state index in [1.54, 1.807) is 0 Å². The minimum Gasteiger partial charge on any atom is -0.345 e. The van der Waals surface area contributed by atoms with E-state index in [1.165, 1.54) is 6.26 Å². The zero-order valence-corrected chi connectivity index (χ0v) is 19.5. The number of para-hydroxylation sites is 1. The van der Waals surface area contributed by atoms with Crippen LogP contribution in [-0.2, 0) is 16.3 Å². The van der Waals surface area contributed by atoms with Gasteiger partial charge in [0.1, 0.15) is 9.84 Å². The Balaban J connectivity index is 1.89. The summed E-state index contributed by atoms with van der Waals surface area (Å²) in [5.74, 6) is -0.313. The van der Waals surface area contributed by atoms with Gasteiger partial charge in [-0.2, -0.15) is 0 Å². The Labute approximate surface area is 194 Å². The summed E-state index contributed by atoms with van der Waals surface area (Å²) in [5.41, 5.74) is 4.28. The van der Waals surface area contributed by atoms with Gasteiger partial charge < -0.3 is 5.32 Å². The van der Waals surface area contributed by atoms with Crippen LogP contribution < -0.4 is 5.32 Å². The van der Waals surface area contributed by atoms with Gasteiger partial charge in [0.25, 0.3) is 5.91 Å². The summed E-state index contributed by atoms with van der Waals surface area (Å²) >= 11 is 0. The van der Waals surface area contributed by atoms with Crippen molar-refractivity contribution in [3.05, 3.63) is 102 Å². The van der Waals surface area contributed by atoms with Crippen LogP contribution in [0.3, 0.4) is 0 Å². The summed E-state index contributed by atoms with van der Waals surface area (Å²) in [6.07, 6.45) is 1.41. The van der Waals surface area contributed by atoms with E-state index in [1.807, 2.05) is 91.9 Å². The van der Waals surface area contributed by atoms with Gasteiger partial charge in [0, 0.05) is 17.2 Å². The maximum atomic E-state index is 13.7. The van der Waals surface area contributed by atoms with Gasteiger partial charge in [0.05, 0.1) is 28.6 Å². The molecule has 0 aliphatic heterocycles. The fraction of sp³-hybridized carbons (Fsp3) is 0.185. The molecule has 0 saturated heterocycles. The molecule has 4 aromatic rings. The highest BCUT2D eigenvalue weighted by Gasteiger charge is 2.23. The van der Waals surface area contributed by atoms with Crippen LogP contribution in [0.4, 0.5) is 0 Å². The van der Waals surface area contributed by atoms with E-state index in [2.05, 4.69) is 5.32 Å². The van der Waals surface area contributed by atoms with E-state index in [4.69, 9.17) is 4.98 Å². The second-order valence-electron chi connectivity index (χ2n) is 8.18.